The summed E-state index contributed by atoms with van der Waals surface area (Å²) in [5.41, 5.74) is 2.16. The molecule has 1 saturated heterocycles. The number of likely N-dealkylation sites (tertiary alicyclic amines) is 1. The van der Waals surface area contributed by atoms with Gasteiger partial charge >= 0.3 is 6.03 Å². The van der Waals surface area contributed by atoms with E-state index in [9.17, 15) is 9.90 Å². The van der Waals surface area contributed by atoms with Crippen LogP contribution in [0.25, 0.3) is 0 Å². The Morgan fingerprint density at radius 2 is 1.74 bits per heavy atom. The maximum Gasteiger partial charge on any atom is 0.321 e. The van der Waals surface area contributed by atoms with Gasteiger partial charge in [-0.05, 0) is 67.0 Å². The molecule has 5 heteroatoms. The third kappa shape index (κ3) is 3.39. The number of nitrogens with one attached hydrogen (secondary N) is 1. The quantitative estimate of drug-likeness (QED) is 0.869. The number of nitrogens with zero attached hydrogens (tertiary/aromatic N) is 1. The molecule has 5 nitrogen and oxygen atoms in total. The molecular formula is C22H26N2O3. The lowest BCUT2D eigenvalue weighted by Crippen LogP contribution is -2.35. The molecule has 2 amide bonds. The average Bonchev–Trinajstić information content (AvgIpc) is 3.18. The number of anilines is 1. The van der Waals surface area contributed by atoms with Crippen LogP contribution in [0.15, 0.2) is 48.5 Å². The number of hydrogen-bond acceptors (Lipinski definition) is 3. The molecule has 142 valence electrons. The van der Waals surface area contributed by atoms with Crippen LogP contribution in [0.1, 0.15) is 24.0 Å². The molecule has 1 saturated carbocycles. The van der Waals surface area contributed by atoms with Crippen molar-refractivity contribution in [2.24, 2.45) is 11.8 Å². The normalized spacial score (nSPS) is 26.7. The number of amides is 2. The molecule has 2 aromatic carbocycles. The van der Waals surface area contributed by atoms with E-state index in [2.05, 4.69) is 18.3 Å². The topological polar surface area (TPSA) is 61.8 Å². The molecule has 2 aromatic rings. The zero-order valence-electron chi connectivity index (χ0n) is 15.8. The summed E-state index contributed by atoms with van der Waals surface area (Å²) in [5.74, 6) is 1.45. The molecule has 2 aliphatic rings. The minimum Gasteiger partial charge on any atom is -0.497 e. The number of carbonyl (C=O) groups is 1. The molecule has 0 bridgehead atoms. The van der Waals surface area contributed by atoms with E-state index in [1.807, 2.05) is 47.4 Å². The van der Waals surface area contributed by atoms with Gasteiger partial charge < -0.3 is 20.1 Å². The second kappa shape index (κ2) is 6.89. The van der Waals surface area contributed by atoms with Gasteiger partial charge in [0.05, 0.1) is 12.7 Å². The van der Waals surface area contributed by atoms with Crippen LogP contribution in [0, 0.1) is 18.8 Å². The fraction of sp³-hybridized carbons (Fsp3) is 0.409. The van der Waals surface area contributed by atoms with E-state index in [1.54, 1.807) is 7.11 Å². The molecule has 0 aromatic heterocycles. The van der Waals surface area contributed by atoms with E-state index in [-0.39, 0.29) is 6.03 Å². The number of methoxy groups -OCH3 is 1. The van der Waals surface area contributed by atoms with Crippen LogP contribution in [-0.2, 0) is 5.60 Å². The average molecular weight is 366 g/mol. The molecular weight excluding hydrogens is 340 g/mol. The van der Waals surface area contributed by atoms with E-state index >= 15 is 0 Å². The minimum absolute atomic E-state index is 0.0750. The lowest BCUT2D eigenvalue weighted by molar-refractivity contribution is 0.0322. The summed E-state index contributed by atoms with van der Waals surface area (Å²) in [6.45, 7) is 3.44. The van der Waals surface area contributed by atoms with Crippen molar-refractivity contribution < 1.29 is 14.6 Å². The van der Waals surface area contributed by atoms with Gasteiger partial charge in [0.1, 0.15) is 5.75 Å². The molecule has 1 unspecified atom stereocenters. The van der Waals surface area contributed by atoms with Crippen LogP contribution < -0.4 is 10.1 Å². The lowest BCUT2D eigenvalue weighted by Gasteiger charge is -2.28. The monoisotopic (exact) mass is 366 g/mol. The third-order valence-corrected chi connectivity index (χ3v) is 6.05. The smallest absolute Gasteiger partial charge is 0.321 e. The summed E-state index contributed by atoms with van der Waals surface area (Å²) in [4.78, 5) is 14.5. The Labute approximate surface area is 160 Å². The number of carbonyl (C=O) groups excluding carboxylic acids is 1. The van der Waals surface area contributed by atoms with Crippen molar-refractivity contribution in [1.29, 1.82) is 0 Å². The summed E-state index contributed by atoms with van der Waals surface area (Å²) < 4.78 is 5.14. The van der Waals surface area contributed by atoms with Gasteiger partial charge in [-0.15, -0.1) is 0 Å². The predicted molar refractivity (Wildman–Crippen MR) is 105 cm³/mol. The Morgan fingerprint density at radius 1 is 1.11 bits per heavy atom. The van der Waals surface area contributed by atoms with Gasteiger partial charge in [0.2, 0.25) is 0 Å². The molecule has 27 heavy (non-hydrogen) atoms. The fourth-order valence-electron chi connectivity index (χ4n) is 4.71. The Balaban J connectivity index is 1.39. The molecule has 1 aliphatic heterocycles. The van der Waals surface area contributed by atoms with Crippen molar-refractivity contribution in [3.8, 4) is 5.75 Å². The van der Waals surface area contributed by atoms with Crippen molar-refractivity contribution in [3.63, 3.8) is 0 Å². The lowest BCUT2D eigenvalue weighted by atomic mass is 9.87. The minimum atomic E-state index is -0.765. The first kappa shape index (κ1) is 17.9. The largest absolute Gasteiger partial charge is 0.497 e. The number of aliphatic hydroxyl groups is 1. The highest BCUT2D eigenvalue weighted by Gasteiger charge is 2.50. The highest BCUT2D eigenvalue weighted by atomic mass is 16.5. The van der Waals surface area contributed by atoms with Crippen LogP contribution in [-0.4, -0.2) is 36.2 Å². The summed E-state index contributed by atoms with van der Waals surface area (Å²) in [5, 5.41) is 14.2. The van der Waals surface area contributed by atoms with Crippen molar-refractivity contribution in [2.45, 2.75) is 25.4 Å². The molecule has 2 fully saturated rings. The predicted octanol–water partition coefficient (Wildman–Crippen LogP) is 3.77. The van der Waals surface area contributed by atoms with Crippen LogP contribution in [0.3, 0.4) is 0 Å². The zero-order chi connectivity index (χ0) is 19.0. The molecule has 0 spiro atoms. The first-order chi connectivity index (χ1) is 13.0. The van der Waals surface area contributed by atoms with Gasteiger partial charge in [-0.25, -0.2) is 4.79 Å². The number of benzene rings is 2. The summed E-state index contributed by atoms with van der Waals surface area (Å²) >= 11 is 0. The Kier molecular flexibility index (Phi) is 4.56. The maximum absolute atomic E-state index is 12.6. The van der Waals surface area contributed by atoms with Crippen LogP contribution in [0.5, 0.6) is 5.75 Å². The Hall–Kier alpha value is -2.53. The van der Waals surface area contributed by atoms with E-state index in [0.717, 1.165) is 35.4 Å². The molecule has 0 radical (unpaired) electrons. The number of rotatable bonds is 3. The van der Waals surface area contributed by atoms with Gasteiger partial charge in [0.25, 0.3) is 0 Å². The molecule has 4 rings (SSSR count). The van der Waals surface area contributed by atoms with Crippen molar-refractivity contribution >= 4 is 11.7 Å². The Morgan fingerprint density at radius 3 is 2.33 bits per heavy atom. The van der Waals surface area contributed by atoms with Gasteiger partial charge in [-0.1, -0.05) is 24.3 Å². The number of aryl methyl sites for hydroxylation is 1. The highest BCUT2D eigenvalue weighted by Crippen LogP contribution is 2.49. The van der Waals surface area contributed by atoms with Crippen LogP contribution >= 0.6 is 0 Å². The second-order valence-corrected chi connectivity index (χ2v) is 7.84. The van der Waals surface area contributed by atoms with Crippen molar-refractivity contribution in [1.82, 2.24) is 4.90 Å². The van der Waals surface area contributed by atoms with Crippen LogP contribution in [0.4, 0.5) is 10.5 Å². The summed E-state index contributed by atoms with van der Waals surface area (Å²) in [6.07, 6.45) is 1.43. The first-order valence-electron chi connectivity index (χ1n) is 9.47. The van der Waals surface area contributed by atoms with Gasteiger partial charge in [-0.2, -0.15) is 0 Å². The number of urea groups is 1. The number of ether oxygens (including phenoxy) is 1. The SMILES string of the molecule is COc1ccc(NC(=O)N2C[C@@H]3CC(O)(c4ccccc4C)C[C@@H]3C2)cc1. The number of fused-ring (bicyclic) bond motifs is 1. The molecule has 2 N–H and O–H groups in total. The molecule has 1 heterocycles. The zero-order valence-corrected chi connectivity index (χ0v) is 15.8. The first-order valence-corrected chi connectivity index (χ1v) is 9.47. The summed E-state index contributed by atoms with van der Waals surface area (Å²) in [6, 6.07) is 15.3. The van der Waals surface area contributed by atoms with E-state index < -0.39 is 5.60 Å². The summed E-state index contributed by atoms with van der Waals surface area (Å²) in [7, 11) is 1.62. The van der Waals surface area contributed by atoms with Crippen LogP contribution in [0.2, 0.25) is 0 Å². The fourth-order valence-corrected chi connectivity index (χ4v) is 4.71. The van der Waals surface area contributed by atoms with E-state index in [0.29, 0.717) is 24.9 Å². The maximum atomic E-state index is 12.6. The van der Waals surface area contributed by atoms with Gasteiger partial charge in [-0.3, -0.25) is 0 Å². The van der Waals surface area contributed by atoms with E-state index in [1.165, 1.54) is 0 Å². The molecule has 1 aliphatic carbocycles. The second-order valence-electron chi connectivity index (χ2n) is 7.84. The Bertz CT molecular complexity index is 820. The van der Waals surface area contributed by atoms with Crippen molar-refractivity contribution in [3.05, 3.63) is 59.7 Å². The van der Waals surface area contributed by atoms with Crippen molar-refractivity contribution in [2.75, 3.05) is 25.5 Å². The van der Waals surface area contributed by atoms with E-state index in [4.69, 9.17) is 4.74 Å². The van der Waals surface area contributed by atoms with Gasteiger partial charge in [0.15, 0.2) is 0 Å². The third-order valence-electron chi connectivity index (χ3n) is 6.05. The number of hydrogen-bond donors (Lipinski definition) is 2. The standard InChI is InChI=1S/C22H26N2O3/c1-15-5-3-4-6-20(15)22(26)11-16-13-24(14-17(16)12-22)21(25)23-18-7-9-19(27-2)10-8-18/h3-10,16-17,26H,11-14H2,1-2H3,(H,23,25)/t16-,17+,22?. The highest BCUT2D eigenvalue weighted by molar-refractivity contribution is 5.89. The van der Waals surface area contributed by atoms with Gasteiger partial charge in [0, 0.05) is 18.8 Å². The molecule has 3 atom stereocenters.